The maximum Gasteiger partial charge on any atom is 0.220 e. The predicted octanol–water partition coefficient (Wildman–Crippen LogP) is 19.2. The normalized spacial score (nSPS) is 14.0. The van der Waals surface area contributed by atoms with Gasteiger partial charge in [0.25, 0.3) is 0 Å². The van der Waals surface area contributed by atoms with E-state index in [2.05, 4.69) is 153 Å². The number of rotatable bonds is 50. The number of hydrogen-bond donors (Lipinski definition) is 3. The minimum atomic E-state index is -0.897. The zero-order chi connectivity index (χ0) is 49.9. The molecule has 0 aliphatic carbocycles. The second-order valence-electron chi connectivity index (χ2n) is 18.6. The summed E-state index contributed by atoms with van der Waals surface area (Å²) in [4.78, 5) is 12.5. The van der Waals surface area contributed by atoms with E-state index in [1.165, 1.54) is 109 Å². The summed E-state index contributed by atoms with van der Waals surface area (Å²) in [6.07, 6.45) is 92.9. The Kier molecular flexibility index (Phi) is 55.4. The van der Waals surface area contributed by atoms with E-state index in [1.54, 1.807) is 6.08 Å². The monoisotopic (exact) mass is 950 g/mol. The van der Waals surface area contributed by atoms with E-state index < -0.39 is 12.1 Å². The average Bonchev–Trinajstić information content (AvgIpc) is 3.35. The fourth-order valence-electron chi connectivity index (χ4n) is 7.73. The average molecular weight is 951 g/mol. The SMILES string of the molecule is CC/C=C\C/C=C\C/C=C\C/C=C\C/C=C\C/C=C\C/C=C\C/C=C\C/C=C\CCCCCC(=O)NC(CO)C(O)/C=C/CC/C=C/CC/C=C/CCCCCCCCCCCCCCCCCC. The molecule has 69 heavy (non-hydrogen) atoms. The number of amides is 1. The smallest absolute Gasteiger partial charge is 0.220 e. The number of aliphatic hydroxyl groups excluding tert-OH is 2. The standard InChI is InChI=1S/C65H107NO3/c1-3-5-7-9-11-13-15-17-19-21-23-25-27-29-31-32-33-34-35-37-39-41-43-45-47-49-51-53-55-57-59-61-65(69)66-63(62-67)64(68)60-58-56-54-52-50-48-46-44-42-40-38-36-30-28-26-24-22-20-18-16-14-12-10-8-6-4-2/h5,7,11,13,17,19,23,25,29,31,33-34,37,39,42-45,49-52,58,60,63-64,67-68H,3-4,6,8-10,12,14-16,18,20-22,24,26-28,30,32,35-36,38,40-41,46-48,53-57,59,61-62H2,1-2H3,(H,66,69)/b7-5-,13-11-,19-17-,25-23-,31-29-,34-33-,39-37-,44-42+,45-43-,51-49-,52-50+,60-58+. The van der Waals surface area contributed by atoms with Gasteiger partial charge in [0.2, 0.25) is 5.91 Å². The van der Waals surface area contributed by atoms with Crippen molar-refractivity contribution in [1.29, 1.82) is 0 Å². The molecule has 0 fully saturated rings. The highest BCUT2D eigenvalue weighted by atomic mass is 16.3. The predicted molar refractivity (Wildman–Crippen MR) is 308 cm³/mol. The molecular weight excluding hydrogens is 843 g/mol. The molecule has 4 heteroatoms. The summed E-state index contributed by atoms with van der Waals surface area (Å²) in [7, 11) is 0. The van der Waals surface area contributed by atoms with Crippen molar-refractivity contribution >= 4 is 5.91 Å². The van der Waals surface area contributed by atoms with E-state index in [1.807, 2.05) is 6.08 Å². The van der Waals surface area contributed by atoms with Gasteiger partial charge in [0.1, 0.15) is 0 Å². The van der Waals surface area contributed by atoms with Crippen molar-refractivity contribution in [1.82, 2.24) is 5.32 Å². The summed E-state index contributed by atoms with van der Waals surface area (Å²) < 4.78 is 0. The number of aliphatic hydroxyl groups is 2. The Balaban J connectivity index is 3.73. The van der Waals surface area contributed by atoms with Gasteiger partial charge in [-0.15, -0.1) is 0 Å². The van der Waals surface area contributed by atoms with Crippen LogP contribution in [0.5, 0.6) is 0 Å². The molecule has 0 heterocycles. The van der Waals surface area contributed by atoms with Gasteiger partial charge in [-0.1, -0.05) is 262 Å². The van der Waals surface area contributed by atoms with Gasteiger partial charge >= 0.3 is 0 Å². The summed E-state index contributed by atoms with van der Waals surface area (Å²) in [5.41, 5.74) is 0. The first kappa shape index (κ1) is 65.3. The second kappa shape index (κ2) is 58.6. The summed E-state index contributed by atoms with van der Waals surface area (Å²) >= 11 is 0. The molecule has 0 aromatic rings. The highest BCUT2D eigenvalue weighted by Gasteiger charge is 2.17. The van der Waals surface area contributed by atoms with Crippen LogP contribution in [0.25, 0.3) is 0 Å². The summed E-state index contributed by atoms with van der Waals surface area (Å²) in [5, 5.41) is 23.1. The Morgan fingerprint density at radius 1 is 0.362 bits per heavy atom. The van der Waals surface area contributed by atoms with E-state index in [-0.39, 0.29) is 12.5 Å². The van der Waals surface area contributed by atoms with E-state index in [0.29, 0.717) is 6.42 Å². The van der Waals surface area contributed by atoms with Crippen LogP contribution in [0.2, 0.25) is 0 Å². The van der Waals surface area contributed by atoms with Crippen LogP contribution in [0.15, 0.2) is 146 Å². The highest BCUT2D eigenvalue weighted by molar-refractivity contribution is 5.76. The van der Waals surface area contributed by atoms with Crippen LogP contribution in [-0.4, -0.2) is 34.9 Å². The van der Waals surface area contributed by atoms with Crippen LogP contribution in [0.3, 0.4) is 0 Å². The van der Waals surface area contributed by atoms with Crippen molar-refractivity contribution in [2.75, 3.05) is 6.61 Å². The molecule has 0 radical (unpaired) electrons. The largest absolute Gasteiger partial charge is 0.394 e. The van der Waals surface area contributed by atoms with Crippen molar-refractivity contribution in [2.45, 2.75) is 251 Å². The summed E-state index contributed by atoms with van der Waals surface area (Å²) in [6, 6.07) is -0.677. The number of carbonyl (C=O) groups excluding carboxylic acids is 1. The van der Waals surface area contributed by atoms with Gasteiger partial charge in [-0.05, 0) is 116 Å². The first-order valence-electron chi connectivity index (χ1n) is 28.5. The van der Waals surface area contributed by atoms with Crippen LogP contribution >= 0.6 is 0 Å². The molecule has 0 saturated carbocycles. The van der Waals surface area contributed by atoms with Crippen molar-refractivity contribution in [2.24, 2.45) is 0 Å². The van der Waals surface area contributed by atoms with Gasteiger partial charge < -0.3 is 15.5 Å². The molecule has 0 spiro atoms. The van der Waals surface area contributed by atoms with Crippen molar-refractivity contribution in [3.8, 4) is 0 Å². The topological polar surface area (TPSA) is 69.6 Å². The zero-order valence-electron chi connectivity index (χ0n) is 44.8. The van der Waals surface area contributed by atoms with E-state index >= 15 is 0 Å². The lowest BCUT2D eigenvalue weighted by molar-refractivity contribution is -0.123. The summed E-state index contributed by atoms with van der Waals surface area (Å²) in [6.45, 7) is 4.17. The van der Waals surface area contributed by atoms with E-state index in [4.69, 9.17) is 0 Å². The Morgan fingerprint density at radius 2 is 0.652 bits per heavy atom. The van der Waals surface area contributed by atoms with E-state index in [9.17, 15) is 15.0 Å². The molecule has 0 aliphatic heterocycles. The Bertz CT molecular complexity index is 1450. The molecule has 0 saturated heterocycles. The van der Waals surface area contributed by atoms with Crippen LogP contribution in [0.4, 0.5) is 0 Å². The lowest BCUT2D eigenvalue weighted by atomic mass is 10.0. The van der Waals surface area contributed by atoms with Crippen molar-refractivity contribution in [3.05, 3.63) is 146 Å². The van der Waals surface area contributed by atoms with Crippen LogP contribution in [0.1, 0.15) is 239 Å². The number of carbonyl (C=O) groups is 1. The first-order valence-corrected chi connectivity index (χ1v) is 28.5. The molecule has 0 bridgehead atoms. The Morgan fingerprint density at radius 3 is 1.01 bits per heavy atom. The van der Waals surface area contributed by atoms with Gasteiger partial charge in [-0.25, -0.2) is 0 Å². The lowest BCUT2D eigenvalue weighted by Gasteiger charge is -2.19. The minimum absolute atomic E-state index is 0.115. The number of nitrogens with one attached hydrogen (secondary N) is 1. The fourth-order valence-corrected chi connectivity index (χ4v) is 7.73. The van der Waals surface area contributed by atoms with Crippen molar-refractivity contribution in [3.63, 3.8) is 0 Å². The van der Waals surface area contributed by atoms with Gasteiger partial charge in [0.05, 0.1) is 18.8 Å². The molecule has 390 valence electrons. The molecule has 0 aliphatic rings. The second-order valence-corrected chi connectivity index (χ2v) is 18.6. The number of allylic oxidation sites excluding steroid dienone is 23. The third kappa shape index (κ3) is 55.1. The molecule has 4 nitrogen and oxygen atoms in total. The van der Waals surface area contributed by atoms with Gasteiger partial charge in [0, 0.05) is 6.42 Å². The first-order chi connectivity index (χ1) is 34.2. The lowest BCUT2D eigenvalue weighted by Crippen LogP contribution is -2.45. The number of hydrogen-bond acceptors (Lipinski definition) is 3. The maximum atomic E-state index is 12.5. The maximum absolute atomic E-state index is 12.5. The van der Waals surface area contributed by atoms with Gasteiger partial charge in [-0.2, -0.15) is 0 Å². The number of unbranched alkanes of at least 4 members (excludes halogenated alkanes) is 21. The van der Waals surface area contributed by atoms with Gasteiger partial charge in [-0.3, -0.25) is 4.79 Å². The molecule has 0 aromatic carbocycles. The van der Waals surface area contributed by atoms with Crippen molar-refractivity contribution < 1.29 is 15.0 Å². The summed E-state index contributed by atoms with van der Waals surface area (Å²) in [5.74, 6) is -0.115. The van der Waals surface area contributed by atoms with E-state index in [0.717, 1.165) is 109 Å². The van der Waals surface area contributed by atoms with Crippen LogP contribution in [-0.2, 0) is 4.79 Å². The molecule has 0 aromatic heterocycles. The Labute approximate surface area is 427 Å². The quantitative estimate of drug-likeness (QED) is 0.0420. The zero-order valence-corrected chi connectivity index (χ0v) is 44.8. The minimum Gasteiger partial charge on any atom is -0.394 e. The van der Waals surface area contributed by atoms with Gasteiger partial charge in [0.15, 0.2) is 0 Å². The molecule has 3 N–H and O–H groups in total. The van der Waals surface area contributed by atoms with Crippen LogP contribution < -0.4 is 5.32 Å². The molecule has 1 amide bonds. The highest BCUT2D eigenvalue weighted by Crippen LogP contribution is 2.15. The molecule has 2 atom stereocenters. The third-order valence-electron chi connectivity index (χ3n) is 12.0. The Hall–Kier alpha value is -3.73. The molecule has 2 unspecified atom stereocenters. The fraction of sp³-hybridized carbons (Fsp3) is 0.615. The third-order valence-corrected chi connectivity index (χ3v) is 12.0. The van der Waals surface area contributed by atoms with Crippen LogP contribution in [0, 0.1) is 0 Å². The molecular formula is C65H107NO3. The molecule has 0 rings (SSSR count).